The minimum atomic E-state index is -0.324. The number of halogens is 1. The summed E-state index contributed by atoms with van der Waals surface area (Å²) in [7, 11) is 0. The van der Waals surface area contributed by atoms with Gasteiger partial charge in [-0.3, -0.25) is 0 Å². The molecule has 1 aliphatic carbocycles. The zero-order valence-corrected chi connectivity index (χ0v) is 16.1. The van der Waals surface area contributed by atoms with Crippen molar-refractivity contribution in [2.24, 2.45) is 0 Å². The van der Waals surface area contributed by atoms with E-state index in [0.29, 0.717) is 28.3 Å². The highest BCUT2D eigenvalue weighted by atomic mass is 19.1. The SMILES string of the molecule is CCC(C)Nc1nc(Nc2cc(F)c(C3CC3)c(-n3cnnn3)c2)ncc1C#N. The van der Waals surface area contributed by atoms with Gasteiger partial charge < -0.3 is 10.6 Å². The van der Waals surface area contributed by atoms with Gasteiger partial charge in [-0.1, -0.05) is 6.92 Å². The molecule has 0 bridgehead atoms. The van der Waals surface area contributed by atoms with Gasteiger partial charge in [-0.25, -0.2) is 14.1 Å². The van der Waals surface area contributed by atoms with E-state index in [-0.39, 0.29) is 23.7 Å². The van der Waals surface area contributed by atoms with Gasteiger partial charge in [0.05, 0.1) is 11.9 Å². The Morgan fingerprint density at radius 2 is 2.21 bits per heavy atom. The molecule has 2 N–H and O–H groups in total. The van der Waals surface area contributed by atoms with E-state index >= 15 is 0 Å². The zero-order chi connectivity index (χ0) is 20.4. The predicted molar refractivity (Wildman–Crippen MR) is 104 cm³/mol. The van der Waals surface area contributed by atoms with Crippen molar-refractivity contribution in [3.8, 4) is 11.8 Å². The van der Waals surface area contributed by atoms with Gasteiger partial charge in [0.2, 0.25) is 5.95 Å². The number of tetrazole rings is 1. The molecular weight excluding hydrogens is 373 g/mol. The fourth-order valence-corrected chi connectivity index (χ4v) is 3.01. The highest BCUT2D eigenvalue weighted by Crippen LogP contribution is 2.44. The second-order valence-electron chi connectivity index (χ2n) is 7.07. The summed E-state index contributed by atoms with van der Waals surface area (Å²) in [6.07, 6.45) is 5.65. The van der Waals surface area contributed by atoms with E-state index in [4.69, 9.17) is 0 Å². The number of hydrogen-bond donors (Lipinski definition) is 2. The molecule has 1 aliphatic rings. The number of nitrogens with zero attached hydrogens (tertiary/aromatic N) is 7. The normalized spacial score (nSPS) is 14.3. The lowest BCUT2D eigenvalue weighted by Gasteiger charge is -2.15. The van der Waals surface area contributed by atoms with Crippen molar-refractivity contribution in [3.63, 3.8) is 0 Å². The Morgan fingerprint density at radius 1 is 1.38 bits per heavy atom. The van der Waals surface area contributed by atoms with Crippen LogP contribution in [0.1, 0.15) is 50.2 Å². The van der Waals surface area contributed by atoms with Crippen molar-refractivity contribution in [2.75, 3.05) is 10.6 Å². The van der Waals surface area contributed by atoms with Crippen molar-refractivity contribution < 1.29 is 4.39 Å². The molecule has 0 spiro atoms. The van der Waals surface area contributed by atoms with Crippen molar-refractivity contribution in [3.05, 3.63) is 41.6 Å². The summed E-state index contributed by atoms with van der Waals surface area (Å²) in [5, 5.41) is 26.7. The molecule has 148 valence electrons. The first-order valence-corrected chi connectivity index (χ1v) is 9.46. The van der Waals surface area contributed by atoms with Crippen LogP contribution in [0.25, 0.3) is 5.69 Å². The highest BCUT2D eigenvalue weighted by molar-refractivity contribution is 5.63. The Kier molecular flexibility index (Phi) is 5.03. The highest BCUT2D eigenvalue weighted by Gasteiger charge is 2.30. The minimum absolute atomic E-state index is 0.145. The van der Waals surface area contributed by atoms with Crippen LogP contribution < -0.4 is 10.6 Å². The van der Waals surface area contributed by atoms with Gasteiger partial charge in [0.25, 0.3) is 0 Å². The molecule has 1 unspecified atom stereocenters. The standard InChI is InChI=1S/C19H20FN9/c1-3-11(2)24-18-13(8-21)9-22-19(26-18)25-14-6-15(20)17(12-4-5-12)16(7-14)29-10-23-27-28-29/h6-7,9-12H,3-5H2,1-2H3,(H2,22,24,25,26). The number of nitriles is 1. The molecule has 4 rings (SSSR count). The topological polar surface area (TPSA) is 117 Å². The minimum Gasteiger partial charge on any atom is -0.366 e. The van der Waals surface area contributed by atoms with Crippen LogP contribution in [-0.4, -0.2) is 36.2 Å². The number of hydrogen-bond acceptors (Lipinski definition) is 8. The molecule has 0 aliphatic heterocycles. The molecule has 1 fully saturated rings. The van der Waals surface area contributed by atoms with Gasteiger partial charge in [-0.05, 0) is 54.7 Å². The first kappa shape index (κ1) is 18.7. The van der Waals surface area contributed by atoms with Crippen molar-refractivity contribution in [1.29, 1.82) is 5.26 Å². The maximum absolute atomic E-state index is 14.9. The Morgan fingerprint density at radius 3 is 2.86 bits per heavy atom. The van der Waals surface area contributed by atoms with Gasteiger partial charge in [0.1, 0.15) is 29.6 Å². The number of aromatic nitrogens is 6. The quantitative estimate of drug-likeness (QED) is 0.628. The number of rotatable bonds is 7. The van der Waals surface area contributed by atoms with E-state index in [9.17, 15) is 9.65 Å². The van der Waals surface area contributed by atoms with Crippen molar-refractivity contribution in [2.45, 2.75) is 45.1 Å². The maximum atomic E-state index is 14.9. The fourth-order valence-electron chi connectivity index (χ4n) is 3.01. The lowest BCUT2D eigenvalue weighted by molar-refractivity contribution is 0.607. The molecule has 9 nitrogen and oxygen atoms in total. The van der Waals surface area contributed by atoms with E-state index in [0.717, 1.165) is 19.3 Å². The molecule has 29 heavy (non-hydrogen) atoms. The molecule has 1 aromatic carbocycles. The predicted octanol–water partition coefficient (Wildman–Crippen LogP) is 3.29. The van der Waals surface area contributed by atoms with Crippen LogP contribution in [-0.2, 0) is 0 Å². The molecule has 2 aromatic heterocycles. The molecule has 0 radical (unpaired) electrons. The first-order valence-electron chi connectivity index (χ1n) is 9.46. The molecule has 1 saturated carbocycles. The number of nitrogens with one attached hydrogen (secondary N) is 2. The molecule has 2 heterocycles. The van der Waals surface area contributed by atoms with Gasteiger partial charge in [0, 0.05) is 17.3 Å². The van der Waals surface area contributed by atoms with Crippen LogP contribution in [0.5, 0.6) is 0 Å². The van der Waals surface area contributed by atoms with E-state index in [1.165, 1.54) is 23.3 Å². The number of anilines is 3. The molecule has 3 aromatic rings. The summed E-state index contributed by atoms with van der Waals surface area (Å²) >= 11 is 0. The van der Waals surface area contributed by atoms with Gasteiger partial charge in [0.15, 0.2) is 0 Å². The largest absolute Gasteiger partial charge is 0.366 e. The summed E-state index contributed by atoms with van der Waals surface area (Å²) in [5.74, 6) is 0.557. The van der Waals surface area contributed by atoms with Gasteiger partial charge in [-0.2, -0.15) is 10.2 Å². The fraction of sp³-hybridized carbons (Fsp3) is 0.368. The molecule has 1 atom stereocenters. The lowest BCUT2D eigenvalue weighted by Crippen LogP contribution is -2.16. The van der Waals surface area contributed by atoms with Crippen LogP contribution >= 0.6 is 0 Å². The maximum Gasteiger partial charge on any atom is 0.229 e. The van der Waals surface area contributed by atoms with E-state index < -0.39 is 0 Å². The van der Waals surface area contributed by atoms with Crippen LogP contribution in [0, 0.1) is 17.1 Å². The Hall–Kier alpha value is -3.61. The second-order valence-corrected chi connectivity index (χ2v) is 7.07. The van der Waals surface area contributed by atoms with Crippen LogP contribution in [0.15, 0.2) is 24.7 Å². The van der Waals surface area contributed by atoms with Gasteiger partial charge >= 0.3 is 0 Å². The number of benzene rings is 1. The first-order chi connectivity index (χ1) is 14.1. The van der Waals surface area contributed by atoms with Gasteiger partial charge in [-0.15, -0.1) is 5.10 Å². The summed E-state index contributed by atoms with van der Waals surface area (Å²) in [4.78, 5) is 8.57. The smallest absolute Gasteiger partial charge is 0.229 e. The third-order valence-electron chi connectivity index (χ3n) is 4.85. The van der Waals surface area contributed by atoms with Crippen LogP contribution in [0.2, 0.25) is 0 Å². The summed E-state index contributed by atoms with van der Waals surface area (Å²) < 4.78 is 16.3. The third-order valence-corrected chi connectivity index (χ3v) is 4.85. The summed E-state index contributed by atoms with van der Waals surface area (Å²) in [6, 6.07) is 5.42. The second kappa shape index (κ2) is 7.79. The lowest BCUT2D eigenvalue weighted by atomic mass is 10.1. The van der Waals surface area contributed by atoms with Crippen molar-refractivity contribution >= 4 is 17.5 Å². The Labute approximate surface area is 167 Å². The monoisotopic (exact) mass is 393 g/mol. The van der Waals surface area contributed by atoms with E-state index in [2.05, 4.69) is 42.2 Å². The van der Waals surface area contributed by atoms with E-state index in [1.807, 2.05) is 13.8 Å². The average Bonchev–Trinajstić information content (AvgIpc) is 3.39. The van der Waals surface area contributed by atoms with Crippen LogP contribution in [0.4, 0.5) is 21.8 Å². The van der Waals surface area contributed by atoms with Crippen LogP contribution in [0.3, 0.4) is 0 Å². The summed E-state index contributed by atoms with van der Waals surface area (Å²) in [6.45, 7) is 4.04. The molecule has 0 saturated heterocycles. The Balaban J connectivity index is 1.68. The molecule has 0 amide bonds. The zero-order valence-electron chi connectivity index (χ0n) is 16.1. The third kappa shape index (κ3) is 3.99. The average molecular weight is 393 g/mol. The molecule has 10 heteroatoms. The molecular formula is C19H20FN9. The van der Waals surface area contributed by atoms with Crippen molar-refractivity contribution in [1.82, 2.24) is 30.2 Å². The Bertz CT molecular complexity index is 1050. The summed E-state index contributed by atoms with van der Waals surface area (Å²) in [5.41, 5.74) is 2.02. The van der Waals surface area contributed by atoms with E-state index in [1.54, 1.807) is 6.07 Å².